The van der Waals surface area contributed by atoms with Crippen LogP contribution in [-0.4, -0.2) is 25.2 Å². The molecule has 0 amide bonds. The maximum atomic E-state index is 12.9. The molecule has 0 bridgehead atoms. The fourth-order valence-corrected chi connectivity index (χ4v) is 3.32. The number of hydrogen-bond donors (Lipinski definition) is 0. The van der Waals surface area contributed by atoms with Gasteiger partial charge in [0.15, 0.2) is 0 Å². The van der Waals surface area contributed by atoms with Gasteiger partial charge >= 0.3 is 18.1 Å². The highest BCUT2D eigenvalue weighted by molar-refractivity contribution is 7.12. The highest BCUT2D eigenvalue weighted by Crippen LogP contribution is 2.40. The summed E-state index contributed by atoms with van der Waals surface area (Å²) < 4.78 is 66.9. The number of alkyl halides is 5. The van der Waals surface area contributed by atoms with E-state index in [9.17, 15) is 26.7 Å². The van der Waals surface area contributed by atoms with Crippen molar-refractivity contribution in [3.05, 3.63) is 32.3 Å². The predicted octanol–water partition coefficient (Wildman–Crippen LogP) is 5.96. The van der Waals surface area contributed by atoms with Crippen LogP contribution in [0.5, 0.6) is 0 Å². The number of halogens is 5. The van der Waals surface area contributed by atoms with Crippen LogP contribution in [0.15, 0.2) is 17.2 Å². The van der Waals surface area contributed by atoms with Crippen molar-refractivity contribution < 1.29 is 31.5 Å². The summed E-state index contributed by atoms with van der Waals surface area (Å²) in [5, 5.41) is 3.50. The molecule has 0 aliphatic rings. The fraction of sp³-hybridized carbons (Fsp3) is 0.667. The molecule has 1 rings (SSSR count). The first-order valence-corrected chi connectivity index (χ1v) is 8.56. The molecule has 5 nitrogen and oxygen atoms in total. The Morgan fingerprint density at radius 2 is 2.00 bits per heavy atom. The van der Waals surface area contributed by atoms with Gasteiger partial charge in [-0.25, -0.2) is 0 Å². The third-order valence-electron chi connectivity index (χ3n) is 3.62. The molecule has 0 saturated heterocycles. The summed E-state index contributed by atoms with van der Waals surface area (Å²) in [7, 11) is 1.29. The average Bonchev–Trinajstić information content (AvgIpc) is 3.01. The van der Waals surface area contributed by atoms with Crippen molar-refractivity contribution in [2.24, 2.45) is 5.11 Å². The quantitative estimate of drug-likeness (QED) is 0.160. The number of azide groups is 1. The number of rotatable bonds is 10. The van der Waals surface area contributed by atoms with Gasteiger partial charge in [0.2, 0.25) is 0 Å². The van der Waals surface area contributed by atoms with Gasteiger partial charge in [0, 0.05) is 27.5 Å². The van der Waals surface area contributed by atoms with E-state index in [1.165, 1.54) is 18.4 Å². The number of thiophene rings is 1. The molecule has 1 unspecified atom stereocenters. The van der Waals surface area contributed by atoms with Crippen molar-refractivity contribution in [1.29, 1.82) is 0 Å². The van der Waals surface area contributed by atoms with Crippen LogP contribution < -0.4 is 0 Å². The van der Waals surface area contributed by atoms with Gasteiger partial charge < -0.3 is 4.74 Å². The zero-order chi connectivity index (χ0) is 19.8. The smallest absolute Gasteiger partial charge is 0.453 e. The molecule has 0 N–H and O–H groups in total. The van der Waals surface area contributed by atoms with Gasteiger partial charge in [-0.2, -0.15) is 22.0 Å². The van der Waals surface area contributed by atoms with E-state index in [1.807, 2.05) is 0 Å². The third kappa shape index (κ3) is 6.80. The van der Waals surface area contributed by atoms with Crippen molar-refractivity contribution in [1.82, 2.24) is 0 Å². The second-order valence-electron chi connectivity index (χ2n) is 5.55. The second kappa shape index (κ2) is 9.72. The lowest BCUT2D eigenvalue weighted by Crippen LogP contribution is -2.36. The molecule has 0 saturated carbocycles. The van der Waals surface area contributed by atoms with E-state index in [-0.39, 0.29) is 18.8 Å². The van der Waals surface area contributed by atoms with Gasteiger partial charge in [-0.05, 0) is 43.3 Å². The molecular weight excluding hydrogens is 381 g/mol. The summed E-state index contributed by atoms with van der Waals surface area (Å²) in [4.78, 5) is 15.2. The third-order valence-corrected chi connectivity index (χ3v) is 4.86. The van der Waals surface area contributed by atoms with Crippen LogP contribution in [-0.2, 0) is 16.0 Å². The molecule has 1 aromatic heterocycles. The van der Waals surface area contributed by atoms with Crippen molar-refractivity contribution in [2.75, 3.05) is 7.11 Å². The van der Waals surface area contributed by atoms with Crippen molar-refractivity contribution in [3.63, 3.8) is 0 Å². The summed E-state index contributed by atoms with van der Waals surface area (Å²) >= 11 is 1.28. The number of carbonyl (C=O) groups is 1. The highest BCUT2D eigenvalue weighted by Gasteiger charge is 2.56. The SMILES string of the molecule is COC(=O)CCCc1ccc(C(CCCC(F)(F)C(F)(F)F)N=[N+]=[N-])s1. The molecule has 0 radical (unpaired) electrons. The molecule has 1 heterocycles. The van der Waals surface area contributed by atoms with Crippen LogP contribution >= 0.6 is 11.3 Å². The molecule has 11 heteroatoms. The fourth-order valence-electron chi connectivity index (χ4n) is 2.20. The van der Waals surface area contributed by atoms with E-state index in [1.54, 1.807) is 12.1 Å². The lowest BCUT2D eigenvalue weighted by molar-refractivity contribution is -0.284. The number of ether oxygens (including phenoxy) is 1. The van der Waals surface area contributed by atoms with Crippen LogP contribution in [0.25, 0.3) is 10.4 Å². The van der Waals surface area contributed by atoms with E-state index in [0.717, 1.165) is 4.88 Å². The first-order valence-electron chi connectivity index (χ1n) is 7.75. The summed E-state index contributed by atoms with van der Waals surface area (Å²) in [6.07, 6.45) is -6.12. The van der Waals surface area contributed by atoms with Crippen molar-refractivity contribution in [3.8, 4) is 0 Å². The largest absolute Gasteiger partial charge is 0.469 e. The zero-order valence-electron chi connectivity index (χ0n) is 13.9. The number of nitrogens with zero attached hydrogens (tertiary/aromatic N) is 3. The lowest BCUT2D eigenvalue weighted by atomic mass is 10.1. The van der Waals surface area contributed by atoms with Crippen LogP contribution in [0.2, 0.25) is 0 Å². The Balaban J connectivity index is 2.62. The van der Waals surface area contributed by atoms with Crippen molar-refractivity contribution >= 4 is 17.3 Å². The lowest BCUT2D eigenvalue weighted by Gasteiger charge is -2.20. The molecule has 0 fully saturated rings. The number of methoxy groups -OCH3 is 1. The number of hydrogen-bond acceptors (Lipinski definition) is 4. The molecule has 0 aliphatic carbocycles. The Labute approximate surface area is 150 Å². The van der Waals surface area contributed by atoms with Gasteiger partial charge in [-0.3, -0.25) is 4.79 Å². The van der Waals surface area contributed by atoms with Crippen LogP contribution in [0, 0.1) is 0 Å². The Morgan fingerprint density at radius 3 is 2.58 bits per heavy atom. The molecule has 1 aromatic rings. The van der Waals surface area contributed by atoms with Gasteiger partial charge in [-0.15, -0.1) is 11.3 Å². The summed E-state index contributed by atoms with van der Waals surface area (Å²) in [5.74, 6) is -5.10. The molecular formula is C15H18F5N3O2S. The molecule has 0 aromatic carbocycles. The number of esters is 1. The van der Waals surface area contributed by atoms with E-state index >= 15 is 0 Å². The van der Waals surface area contributed by atoms with Gasteiger partial charge in [0.25, 0.3) is 0 Å². The van der Waals surface area contributed by atoms with E-state index in [0.29, 0.717) is 17.7 Å². The number of carbonyl (C=O) groups excluding carboxylic acids is 1. The number of aryl methyl sites for hydroxylation is 1. The van der Waals surface area contributed by atoms with Gasteiger partial charge in [-0.1, -0.05) is 5.11 Å². The Hall–Kier alpha value is -1.87. The normalized spacial score (nSPS) is 13.2. The Morgan fingerprint density at radius 1 is 1.31 bits per heavy atom. The summed E-state index contributed by atoms with van der Waals surface area (Å²) in [5.41, 5.74) is 8.61. The monoisotopic (exact) mass is 399 g/mol. The minimum atomic E-state index is -5.59. The van der Waals surface area contributed by atoms with E-state index in [2.05, 4.69) is 14.8 Å². The van der Waals surface area contributed by atoms with Gasteiger partial charge in [0.05, 0.1) is 13.2 Å². The van der Waals surface area contributed by atoms with Gasteiger partial charge in [0.1, 0.15) is 0 Å². The molecule has 1 atom stereocenters. The predicted molar refractivity (Wildman–Crippen MR) is 86.0 cm³/mol. The molecule has 0 aliphatic heterocycles. The maximum Gasteiger partial charge on any atom is 0.453 e. The molecule has 146 valence electrons. The summed E-state index contributed by atoms with van der Waals surface area (Å²) in [6, 6.07) is 2.60. The second-order valence-corrected chi connectivity index (χ2v) is 6.75. The minimum Gasteiger partial charge on any atom is -0.469 e. The van der Waals surface area contributed by atoms with E-state index in [4.69, 9.17) is 5.53 Å². The Kier molecular flexibility index (Phi) is 8.29. The van der Waals surface area contributed by atoms with Crippen LogP contribution in [0.1, 0.15) is 47.9 Å². The minimum absolute atomic E-state index is 0.113. The van der Waals surface area contributed by atoms with E-state index < -0.39 is 31.0 Å². The van der Waals surface area contributed by atoms with Crippen molar-refractivity contribution in [2.45, 2.75) is 56.7 Å². The highest BCUT2D eigenvalue weighted by atomic mass is 32.1. The molecule has 0 spiro atoms. The first-order chi connectivity index (χ1) is 12.1. The van der Waals surface area contributed by atoms with Crippen LogP contribution in [0.3, 0.4) is 0 Å². The Bertz CT molecular complexity index is 641. The average molecular weight is 399 g/mol. The molecule has 26 heavy (non-hydrogen) atoms. The summed E-state index contributed by atoms with van der Waals surface area (Å²) in [6.45, 7) is 0. The van der Waals surface area contributed by atoms with Crippen LogP contribution in [0.4, 0.5) is 22.0 Å². The zero-order valence-corrected chi connectivity index (χ0v) is 14.7. The topological polar surface area (TPSA) is 75.1 Å². The standard InChI is InChI=1S/C15H18F5N3O2S/c1-25-13(24)6-2-4-10-7-8-12(26-10)11(22-23-21)5-3-9-14(16,17)15(18,19)20/h7-8,11H,2-6,9H2,1H3. The first kappa shape index (κ1) is 22.2. The maximum absolute atomic E-state index is 12.9.